The molecule has 0 spiro atoms. The number of piperidine rings is 1. The van der Waals surface area contributed by atoms with Gasteiger partial charge in [0.2, 0.25) is 5.91 Å². The lowest BCUT2D eigenvalue weighted by molar-refractivity contribution is -0.132. The third-order valence-corrected chi connectivity index (χ3v) is 6.92. The van der Waals surface area contributed by atoms with Gasteiger partial charge in [-0.15, -0.1) is 0 Å². The third kappa shape index (κ3) is 4.62. The molecule has 9 heteroatoms. The molecule has 2 aromatic rings. The summed E-state index contributed by atoms with van der Waals surface area (Å²) in [4.78, 5) is 27.9. The first-order valence-electron chi connectivity index (χ1n) is 9.93. The summed E-state index contributed by atoms with van der Waals surface area (Å²) in [6, 6.07) is 3.72. The van der Waals surface area contributed by atoms with Crippen molar-refractivity contribution in [1.29, 1.82) is 0 Å². The predicted octanol–water partition coefficient (Wildman–Crippen LogP) is 1.33. The summed E-state index contributed by atoms with van der Waals surface area (Å²) in [5, 5.41) is 5.36. The van der Waals surface area contributed by atoms with Crippen molar-refractivity contribution < 1.29 is 13.2 Å². The Morgan fingerprint density at radius 2 is 2.07 bits per heavy atom. The molecule has 0 saturated carbocycles. The van der Waals surface area contributed by atoms with E-state index < -0.39 is 9.84 Å². The Morgan fingerprint density at radius 3 is 2.79 bits per heavy atom. The highest BCUT2D eigenvalue weighted by Gasteiger charge is 2.27. The van der Waals surface area contributed by atoms with Gasteiger partial charge in [0.05, 0.1) is 11.4 Å². The van der Waals surface area contributed by atoms with Crippen LogP contribution in [0.4, 0.5) is 0 Å². The van der Waals surface area contributed by atoms with Gasteiger partial charge >= 0.3 is 0 Å². The first-order chi connectivity index (χ1) is 13.9. The SMILES string of the molecule is Cc1nc(C2CCN(C(=O)CCNC3C=CS(=O)(=O)C3)CC2)c2cccnc2n1. The van der Waals surface area contributed by atoms with Crippen LogP contribution in [0.15, 0.2) is 29.8 Å². The average Bonchev–Trinajstić information content (AvgIpc) is 3.06. The monoisotopic (exact) mass is 415 g/mol. The molecule has 0 bridgehead atoms. The zero-order chi connectivity index (χ0) is 20.4. The van der Waals surface area contributed by atoms with Crippen LogP contribution in [0.25, 0.3) is 11.0 Å². The fourth-order valence-electron chi connectivity index (χ4n) is 4.04. The quantitative estimate of drug-likeness (QED) is 0.785. The van der Waals surface area contributed by atoms with E-state index in [0.717, 1.165) is 35.4 Å². The van der Waals surface area contributed by atoms with Crippen LogP contribution in [0.2, 0.25) is 0 Å². The molecular weight excluding hydrogens is 390 g/mol. The van der Waals surface area contributed by atoms with Gasteiger partial charge in [-0.25, -0.2) is 23.4 Å². The Balaban J connectivity index is 1.31. The van der Waals surface area contributed by atoms with Crippen molar-refractivity contribution in [3.63, 3.8) is 0 Å². The maximum absolute atomic E-state index is 12.5. The lowest BCUT2D eigenvalue weighted by Gasteiger charge is -2.32. The summed E-state index contributed by atoms with van der Waals surface area (Å²) >= 11 is 0. The number of hydrogen-bond donors (Lipinski definition) is 1. The zero-order valence-corrected chi connectivity index (χ0v) is 17.2. The van der Waals surface area contributed by atoms with Gasteiger partial charge < -0.3 is 10.2 Å². The highest BCUT2D eigenvalue weighted by molar-refractivity contribution is 7.94. The number of fused-ring (bicyclic) bond motifs is 1. The third-order valence-electron chi connectivity index (χ3n) is 5.52. The molecular formula is C20H25N5O3S. The van der Waals surface area contributed by atoms with Gasteiger partial charge in [0.15, 0.2) is 15.5 Å². The number of nitrogens with zero attached hydrogens (tertiary/aromatic N) is 4. The van der Waals surface area contributed by atoms with Crippen LogP contribution >= 0.6 is 0 Å². The molecule has 0 aliphatic carbocycles. The minimum absolute atomic E-state index is 0.0771. The Bertz CT molecular complexity index is 1050. The van der Waals surface area contributed by atoms with Gasteiger partial charge in [0.25, 0.3) is 0 Å². The molecule has 1 saturated heterocycles. The minimum atomic E-state index is -3.07. The molecule has 2 aliphatic heterocycles. The van der Waals surface area contributed by atoms with Crippen molar-refractivity contribution in [1.82, 2.24) is 25.2 Å². The molecule has 0 aromatic carbocycles. The van der Waals surface area contributed by atoms with E-state index in [-0.39, 0.29) is 17.7 Å². The molecule has 1 fully saturated rings. The molecule has 29 heavy (non-hydrogen) atoms. The van der Waals surface area contributed by atoms with E-state index in [1.165, 1.54) is 5.41 Å². The van der Waals surface area contributed by atoms with Crippen molar-refractivity contribution in [2.75, 3.05) is 25.4 Å². The number of carbonyl (C=O) groups is 1. The number of rotatable bonds is 5. The molecule has 8 nitrogen and oxygen atoms in total. The van der Waals surface area contributed by atoms with E-state index in [2.05, 4.69) is 20.3 Å². The van der Waals surface area contributed by atoms with Crippen LogP contribution in [0, 0.1) is 6.92 Å². The maximum Gasteiger partial charge on any atom is 0.223 e. The van der Waals surface area contributed by atoms with Crippen LogP contribution in [-0.4, -0.2) is 65.6 Å². The van der Waals surface area contributed by atoms with Gasteiger partial charge in [0.1, 0.15) is 5.82 Å². The number of likely N-dealkylation sites (tertiary alicyclic amines) is 1. The number of pyridine rings is 1. The largest absolute Gasteiger partial charge is 0.343 e. The summed E-state index contributed by atoms with van der Waals surface area (Å²) in [5.41, 5.74) is 1.76. The Morgan fingerprint density at radius 1 is 1.28 bits per heavy atom. The second kappa shape index (κ2) is 8.16. The van der Waals surface area contributed by atoms with Crippen molar-refractivity contribution in [3.8, 4) is 0 Å². The molecule has 4 heterocycles. The first kappa shape index (κ1) is 19.9. The fourth-order valence-corrected chi connectivity index (χ4v) is 5.31. The number of hydrogen-bond acceptors (Lipinski definition) is 7. The number of aryl methyl sites for hydroxylation is 1. The van der Waals surface area contributed by atoms with Gasteiger partial charge in [-0.05, 0) is 31.9 Å². The van der Waals surface area contributed by atoms with Crippen molar-refractivity contribution in [2.24, 2.45) is 0 Å². The lowest BCUT2D eigenvalue weighted by atomic mass is 9.91. The Hall–Kier alpha value is -2.39. The van der Waals surface area contributed by atoms with Gasteiger partial charge in [-0.3, -0.25) is 4.79 Å². The highest BCUT2D eigenvalue weighted by atomic mass is 32.2. The molecule has 1 unspecified atom stereocenters. The normalized spacial score (nSPS) is 21.7. The molecule has 1 atom stereocenters. The van der Waals surface area contributed by atoms with Crippen LogP contribution in [0.1, 0.15) is 36.7 Å². The van der Waals surface area contributed by atoms with Crippen LogP contribution in [-0.2, 0) is 14.6 Å². The van der Waals surface area contributed by atoms with E-state index in [1.54, 1.807) is 12.3 Å². The lowest BCUT2D eigenvalue weighted by Crippen LogP contribution is -2.40. The number of sulfone groups is 1. The summed E-state index contributed by atoms with van der Waals surface area (Å²) < 4.78 is 22.8. The molecule has 2 aromatic heterocycles. The topological polar surface area (TPSA) is 105 Å². The smallest absolute Gasteiger partial charge is 0.223 e. The zero-order valence-electron chi connectivity index (χ0n) is 16.4. The fraction of sp³-hybridized carbons (Fsp3) is 0.500. The summed E-state index contributed by atoms with van der Waals surface area (Å²) in [5.74, 6) is 1.19. The molecule has 2 aliphatic rings. The van der Waals surface area contributed by atoms with Crippen LogP contribution in [0.3, 0.4) is 0 Å². The van der Waals surface area contributed by atoms with E-state index >= 15 is 0 Å². The van der Waals surface area contributed by atoms with Crippen LogP contribution in [0.5, 0.6) is 0 Å². The van der Waals surface area contributed by atoms with Crippen LogP contribution < -0.4 is 5.32 Å². The molecule has 1 N–H and O–H groups in total. The highest BCUT2D eigenvalue weighted by Crippen LogP contribution is 2.31. The first-order valence-corrected chi connectivity index (χ1v) is 11.6. The molecule has 154 valence electrons. The summed E-state index contributed by atoms with van der Waals surface area (Å²) in [6.07, 6.45) is 5.49. The number of nitrogens with one attached hydrogen (secondary N) is 1. The van der Waals surface area contributed by atoms with E-state index in [4.69, 9.17) is 0 Å². The Labute approximate surface area is 170 Å². The number of aromatic nitrogens is 3. The molecule has 1 amide bonds. The minimum Gasteiger partial charge on any atom is -0.343 e. The maximum atomic E-state index is 12.5. The van der Waals surface area contributed by atoms with Gasteiger partial charge in [-0.2, -0.15) is 0 Å². The number of amides is 1. The second-order valence-corrected chi connectivity index (χ2v) is 9.59. The van der Waals surface area contributed by atoms with Gasteiger partial charge in [-0.1, -0.05) is 6.08 Å². The standard InChI is InChI=1S/C20H25N5O3S/c1-14-23-19(17-3-2-8-22-20(17)24-14)15-5-10-25(11-6-15)18(26)4-9-21-16-7-12-29(27,28)13-16/h2-3,7-8,12,15-16,21H,4-6,9-11,13H2,1H3. The van der Waals surface area contributed by atoms with Crippen molar-refractivity contribution >= 4 is 26.8 Å². The van der Waals surface area contributed by atoms with E-state index in [0.29, 0.717) is 32.0 Å². The summed E-state index contributed by atoms with van der Waals surface area (Å²) in [6.45, 7) is 3.76. The average molecular weight is 416 g/mol. The van der Waals surface area contributed by atoms with E-state index in [9.17, 15) is 13.2 Å². The number of carbonyl (C=O) groups excluding carboxylic acids is 1. The van der Waals surface area contributed by atoms with Crippen molar-refractivity contribution in [2.45, 2.75) is 38.1 Å². The molecule has 0 radical (unpaired) electrons. The van der Waals surface area contributed by atoms with Crippen molar-refractivity contribution in [3.05, 3.63) is 41.3 Å². The van der Waals surface area contributed by atoms with Gasteiger partial charge in [0, 0.05) is 55.0 Å². The molecule has 4 rings (SSSR count). The predicted molar refractivity (Wildman–Crippen MR) is 110 cm³/mol. The summed E-state index contributed by atoms with van der Waals surface area (Å²) in [7, 11) is -3.07. The Kier molecular flexibility index (Phi) is 5.60. The van der Waals surface area contributed by atoms with E-state index in [1.807, 2.05) is 24.0 Å². The second-order valence-electron chi connectivity index (χ2n) is 7.65.